The number of aliphatic hydroxyl groups is 1. The van der Waals surface area contributed by atoms with Gasteiger partial charge in [-0.05, 0) is 18.1 Å². The van der Waals surface area contributed by atoms with Crippen LogP contribution in [0.3, 0.4) is 0 Å². The first kappa shape index (κ1) is 8.38. The van der Waals surface area contributed by atoms with E-state index in [0.717, 1.165) is 24.2 Å². The lowest BCUT2D eigenvalue weighted by Gasteiger charge is -2.25. The van der Waals surface area contributed by atoms with Crippen molar-refractivity contribution in [1.82, 2.24) is 0 Å². The van der Waals surface area contributed by atoms with Crippen LogP contribution in [0, 0.1) is 5.92 Å². The zero-order valence-corrected chi connectivity index (χ0v) is 7.33. The number of rotatable bonds is 1. The monoisotopic (exact) mass is 179 g/mol. The molecule has 1 aromatic rings. The summed E-state index contributed by atoms with van der Waals surface area (Å²) in [6, 6.07) is 5.48. The van der Waals surface area contributed by atoms with Crippen LogP contribution in [-0.4, -0.2) is 23.4 Å². The van der Waals surface area contributed by atoms with Crippen LogP contribution in [0.15, 0.2) is 18.2 Å². The third-order valence-corrected chi connectivity index (χ3v) is 2.46. The number of fused-ring (bicyclic) bond motifs is 1. The van der Waals surface area contributed by atoms with Crippen LogP contribution in [0.4, 0.5) is 5.69 Å². The van der Waals surface area contributed by atoms with Crippen molar-refractivity contribution in [3.8, 4) is 5.75 Å². The van der Waals surface area contributed by atoms with Crippen molar-refractivity contribution in [3.05, 3.63) is 23.8 Å². The minimum atomic E-state index is 0.197. The standard InChI is InChI=1S/C10H13NO2/c12-6-7-4-8-2-1-3-9(13)10(8)11-5-7/h1-3,7,11-13H,4-6H2. The quantitative estimate of drug-likeness (QED) is 0.563. The number of para-hydroxylation sites is 1. The number of aliphatic hydroxyl groups excluding tert-OH is 1. The zero-order chi connectivity index (χ0) is 9.26. The molecule has 13 heavy (non-hydrogen) atoms. The summed E-state index contributed by atoms with van der Waals surface area (Å²) in [6.07, 6.45) is 0.841. The van der Waals surface area contributed by atoms with E-state index < -0.39 is 0 Å². The minimum absolute atomic E-state index is 0.197. The highest BCUT2D eigenvalue weighted by atomic mass is 16.3. The molecule has 1 atom stereocenters. The normalized spacial score (nSPS) is 20.5. The Kier molecular flexibility index (Phi) is 2.10. The Bertz CT molecular complexity index is 312. The topological polar surface area (TPSA) is 52.5 Å². The van der Waals surface area contributed by atoms with Gasteiger partial charge in [0.05, 0.1) is 5.69 Å². The summed E-state index contributed by atoms with van der Waals surface area (Å²) in [4.78, 5) is 0. The molecule has 3 heteroatoms. The average Bonchev–Trinajstić information content (AvgIpc) is 2.18. The zero-order valence-electron chi connectivity index (χ0n) is 7.33. The summed E-state index contributed by atoms with van der Waals surface area (Å²) in [5, 5.41) is 21.6. The first-order valence-corrected chi connectivity index (χ1v) is 4.47. The third kappa shape index (κ3) is 1.47. The van der Waals surface area contributed by atoms with E-state index in [1.165, 1.54) is 0 Å². The number of hydrogen-bond acceptors (Lipinski definition) is 3. The molecule has 0 spiro atoms. The van der Waals surface area contributed by atoms with E-state index in [4.69, 9.17) is 5.11 Å². The van der Waals surface area contributed by atoms with Crippen molar-refractivity contribution >= 4 is 5.69 Å². The maximum atomic E-state index is 9.49. The number of phenolic OH excluding ortho intramolecular Hbond substituents is 1. The highest BCUT2D eigenvalue weighted by Crippen LogP contribution is 2.32. The lowest BCUT2D eigenvalue weighted by Crippen LogP contribution is -2.25. The summed E-state index contributed by atoms with van der Waals surface area (Å²) >= 11 is 0. The fraction of sp³-hybridized carbons (Fsp3) is 0.400. The Morgan fingerprint density at radius 1 is 1.46 bits per heavy atom. The molecule has 0 bridgehead atoms. The lowest BCUT2D eigenvalue weighted by molar-refractivity contribution is 0.230. The van der Waals surface area contributed by atoms with Gasteiger partial charge in [-0.3, -0.25) is 0 Å². The smallest absolute Gasteiger partial charge is 0.138 e. The fourth-order valence-electron chi connectivity index (χ4n) is 1.72. The van der Waals surface area contributed by atoms with Crippen molar-refractivity contribution in [2.24, 2.45) is 5.92 Å². The fourth-order valence-corrected chi connectivity index (χ4v) is 1.72. The number of anilines is 1. The molecule has 1 heterocycles. The largest absolute Gasteiger partial charge is 0.506 e. The highest BCUT2D eigenvalue weighted by molar-refractivity contribution is 5.62. The molecule has 0 amide bonds. The molecule has 1 aliphatic heterocycles. The number of hydrogen-bond donors (Lipinski definition) is 3. The van der Waals surface area contributed by atoms with Crippen molar-refractivity contribution in [2.75, 3.05) is 18.5 Å². The molecule has 0 aliphatic carbocycles. The second kappa shape index (κ2) is 3.26. The molecule has 3 N–H and O–H groups in total. The van der Waals surface area contributed by atoms with Gasteiger partial charge in [-0.1, -0.05) is 12.1 Å². The van der Waals surface area contributed by atoms with Gasteiger partial charge in [0.1, 0.15) is 5.75 Å². The van der Waals surface area contributed by atoms with Gasteiger partial charge in [-0.25, -0.2) is 0 Å². The van der Waals surface area contributed by atoms with E-state index in [-0.39, 0.29) is 12.5 Å². The summed E-state index contributed by atoms with van der Waals surface area (Å²) < 4.78 is 0. The van der Waals surface area contributed by atoms with Crippen molar-refractivity contribution < 1.29 is 10.2 Å². The molecule has 1 aliphatic rings. The Morgan fingerprint density at radius 3 is 3.08 bits per heavy atom. The molecule has 0 saturated heterocycles. The van der Waals surface area contributed by atoms with Crippen LogP contribution in [0.25, 0.3) is 0 Å². The summed E-state index contributed by atoms with van der Waals surface area (Å²) in [7, 11) is 0. The molecule has 3 nitrogen and oxygen atoms in total. The Labute approximate surface area is 77.0 Å². The van der Waals surface area contributed by atoms with E-state index in [2.05, 4.69) is 5.32 Å². The summed E-state index contributed by atoms with van der Waals surface area (Å²) in [6.45, 7) is 0.934. The second-order valence-corrected chi connectivity index (χ2v) is 3.44. The van der Waals surface area contributed by atoms with Gasteiger partial charge < -0.3 is 15.5 Å². The second-order valence-electron chi connectivity index (χ2n) is 3.44. The van der Waals surface area contributed by atoms with Crippen LogP contribution in [0.2, 0.25) is 0 Å². The molecular formula is C10H13NO2. The first-order chi connectivity index (χ1) is 6.31. The summed E-state index contributed by atoms with van der Waals surface area (Å²) in [5.41, 5.74) is 1.91. The molecular weight excluding hydrogens is 166 g/mol. The van der Waals surface area contributed by atoms with Gasteiger partial charge >= 0.3 is 0 Å². The predicted octanol–water partition coefficient (Wildman–Crippen LogP) is 0.969. The van der Waals surface area contributed by atoms with Crippen LogP contribution in [-0.2, 0) is 6.42 Å². The first-order valence-electron chi connectivity index (χ1n) is 4.47. The van der Waals surface area contributed by atoms with E-state index in [1.807, 2.05) is 12.1 Å². The lowest BCUT2D eigenvalue weighted by atomic mass is 9.94. The molecule has 0 aromatic heterocycles. The maximum Gasteiger partial charge on any atom is 0.138 e. The van der Waals surface area contributed by atoms with Crippen molar-refractivity contribution in [2.45, 2.75) is 6.42 Å². The molecule has 0 saturated carbocycles. The molecule has 2 rings (SSSR count). The van der Waals surface area contributed by atoms with Gasteiger partial charge in [0.15, 0.2) is 0 Å². The van der Waals surface area contributed by atoms with Gasteiger partial charge in [0.2, 0.25) is 0 Å². The van der Waals surface area contributed by atoms with Crippen LogP contribution < -0.4 is 5.32 Å². The third-order valence-electron chi connectivity index (χ3n) is 2.46. The van der Waals surface area contributed by atoms with Crippen molar-refractivity contribution in [1.29, 1.82) is 0 Å². The van der Waals surface area contributed by atoms with Crippen LogP contribution >= 0.6 is 0 Å². The molecule has 0 fully saturated rings. The Hall–Kier alpha value is -1.22. The molecule has 1 unspecified atom stereocenters. The predicted molar refractivity (Wildman–Crippen MR) is 50.9 cm³/mol. The molecule has 1 aromatic carbocycles. The maximum absolute atomic E-state index is 9.49. The number of nitrogens with one attached hydrogen (secondary N) is 1. The highest BCUT2D eigenvalue weighted by Gasteiger charge is 2.18. The van der Waals surface area contributed by atoms with Gasteiger partial charge in [0, 0.05) is 19.1 Å². The average molecular weight is 179 g/mol. The Morgan fingerprint density at radius 2 is 2.31 bits per heavy atom. The minimum Gasteiger partial charge on any atom is -0.506 e. The van der Waals surface area contributed by atoms with Gasteiger partial charge in [-0.2, -0.15) is 0 Å². The van der Waals surface area contributed by atoms with E-state index >= 15 is 0 Å². The van der Waals surface area contributed by atoms with Crippen LogP contribution in [0.1, 0.15) is 5.56 Å². The Balaban J connectivity index is 2.31. The van der Waals surface area contributed by atoms with E-state index in [9.17, 15) is 5.11 Å². The van der Waals surface area contributed by atoms with Gasteiger partial charge in [0.25, 0.3) is 0 Å². The summed E-state index contributed by atoms with van der Waals surface area (Å²) in [5.74, 6) is 0.572. The molecule has 70 valence electrons. The number of benzene rings is 1. The molecule has 0 radical (unpaired) electrons. The van der Waals surface area contributed by atoms with Gasteiger partial charge in [-0.15, -0.1) is 0 Å². The SMILES string of the molecule is OCC1CNc2c(O)cccc2C1. The number of aromatic hydroxyl groups is 1. The van der Waals surface area contributed by atoms with Crippen molar-refractivity contribution in [3.63, 3.8) is 0 Å². The number of phenols is 1. The van der Waals surface area contributed by atoms with E-state index in [0.29, 0.717) is 5.75 Å². The van der Waals surface area contributed by atoms with Crippen LogP contribution in [0.5, 0.6) is 5.75 Å². The van der Waals surface area contributed by atoms with E-state index in [1.54, 1.807) is 6.07 Å².